The fourth-order valence-electron chi connectivity index (χ4n) is 1.05. The number of hydrogen-bond donors (Lipinski definition) is 0. The van der Waals surface area contributed by atoms with E-state index in [0.29, 0.717) is 11.1 Å². The van der Waals surface area contributed by atoms with Gasteiger partial charge in [-0.15, -0.1) is 0 Å². The summed E-state index contributed by atoms with van der Waals surface area (Å²) in [4.78, 5) is 21.3. The number of carbonyl (C=O) groups is 2. The zero-order valence-corrected chi connectivity index (χ0v) is 11.7. The second-order valence-electron chi connectivity index (χ2n) is 3.67. The molecule has 20 heavy (non-hydrogen) atoms. The Morgan fingerprint density at radius 2 is 1.70 bits per heavy atom. The highest BCUT2D eigenvalue weighted by Crippen LogP contribution is 2.06. The van der Waals surface area contributed by atoms with E-state index in [0.717, 1.165) is 11.8 Å². The highest BCUT2D eigenvalue weighted by molar-refractivity contribution is 5.89. The van der Waals surface area contributed by atoms with E-state index in [1.165, 1.54) is 7.11 Å². The van der Waals surface area contributed by atoms with Gasteiger partial charge in [-0.05, 0) is 24.6 Å². The number of rotatable bonds is 4. The molecule has 0 bridgehead atoms. The average molecular weight is 274 g/mol. The van der Waals surface area contributed by atoms with Crippen LogP contribution in [0, 0.1) is 0 Å². The lowest BCUT2D eigenvalue weighted by atomic mass is 10.1. The Bertz CT molecular complexity index is 498. The smallest absolute Gasteiger partial charge is 0.337 e. The molecule has 0 atom stereocenters. The molecule has 0 amide bonds. The van der Waals surface area contributed by atoms with Gasteiger partial charge in [-0.3, -0.25) is 0 Å². The fraction of sp³-hybridized carbons (Fsp3) is 0.125. The number of methoxy groups -OCH3 is 1. The van der Waals surface area contributed by atoms with Crippen LogP contribution in [0.5, 0.6) is 0 Å². The topological polar surface area (TPSA) is 52.6 Å². The van der Waals surface area contributed by atoms with E-state index in [4.69, 9.17) is 0 Å². The number of benzene rings is 1. The first-order valence-electron chi connectivity index (χ1n) is 5.74. The van der Waals surface area contributed by atoms with Crippen LogP contribution in [0.25, 0.3) is 6.08 Å². The number of esters is 2. The molecule has 0 heterocycles. The van der Waals surface area contributed by atoms with Crippen LogP contribution >= 0.6 is 0 Å². The molecule has 1 aromatic carbocycles. The van der Waals surface area contributed by atoms with Gasteiger partial charge in [0.2, 0.25) is 0 Å². The highest BCUT2D eigenvalue weighted by Gasteiger charge is 2.02. The number of hydrogen-bond acceptors (Lipinski definition) is 4. The van der Waals surface area contributed by atoms with Gasteiger partial charge in [0.25, 0.3) is 0 Å². The van der Waals surface area contributed by atoms with E-state index in [1.54, 1.807) is 25.1 Å². The lowest BCUT2D eigenvalue weighted by molar-refractivity contribution is -0.133. The van der Waals surface area contributed by atoms with Crippen molar-refractivity contribution < 1.29 is 19.1 Å². The minimum absolute atomic E-state index is 0.314. The van der Waals surface area contributed by atoms with Crippen LogP contribution in [0.3, 0.4) is 0 Å². The Morgan fingerprint density at radius 3 is 2.00 bits per heavy atom. The first kappa shape index (κ1) is 17.4. The second kappa shape index (κ2) is 9.33. The molecule has 0 radical (unpaired) electrons. The van der Waals surface area contributed by atoms with Crippen molar-refractivity contribution in [3.63, 3.8) is 0 Å². The summed E-state index contributed by atoms with van der Waals surface area (Å²) in [6, 6.07) is 7.06. The first-order valence-corrected chi connectivity index (χ1v) is 5.74. The summed E-state index contributed by atoms with van der Waals surface area (Å²) in [6.07, 6.45) is 2.80. The van der Waals surface area contributed by atoms with Gasteiger partial charge in [-0.1, -0.05) is 37.9 Å². The van der Waals surface area contributed by atoms with Crippen LogP contribution in [0.15, 0.2) is 55.8 Å². The quantitative estimate of drug-likeness (QED) is 0.480. The Kier molecular flexibility index (Phi) is 8.11. The molecule has 1 aromatic rings. The van der Waals surface area contributed by atoms with Crippen molar-refractivity contribution in [3.05, 3.63) is 67.0 Å². The van der Waals surface area contributed by atoms with E-state index in [9.17, 15) is 9.59 Å². The standard InChI is InChI=1S/C10H10O2.C6H8O2/c1-3-8-4-6-9(7-5-8)10(11)12-2;1-4-8-6(7)5(2)3/h3-7H,1H2,2H3;4H,1-2H2,3H3. The van der Waals surface area contributed by atoms with Gasteiger partial charge in [0, 0.05) is 5.57 Å². The van der Waals surface area contributed by atoms with E-state index in [-0.39, 0.29) is 5.97 Å². The molecule has 4 nitrogen and oxygen atoms in total. The van der Waals surface area contributed by atoms with Crippen molar-refractivity contribution in [2.24, 2.45) is 0 Å². The zero-order chi connectivity index (χ0) is 15.5. The maximum absolute atomic E-state index is 11.0. The molecule has 0 aliphatic heterocycles. The number of carbonyl (C=O) groups excluding carboxylic acids is 2. The van der Waals surface area contributed by atoms with Gasteiger partial charge in [-0.2, -0.15) is 0 Å². The van der Waals surface area contributed by atoms with Crippen LogP contribution in [-0.4, -0.2) is 19.0 Å². The predicted octanol–water partition coefficient (Wildman–Crippen LogP) is 3.37. The van der Waals surface area contributed by atoms with Gasteiger partial charge in [0.15, 0.2) is 0 Å². The summed E-state index contributed by atoms with van der Waals surface area (Å²) in [5.74, 6) is -0.745. The van der Waals surface area contributed by atoms with Crippen LogP contribution in [0.4, 0.5) is 0 Å². The molecule has 0 unspecified atom stereocenters. The molecule has 0 aromatic heterocycles. The molecule has 0 fully saturated rings. The molecular formula is C16H18O4. The normalized spacial score (nSPS) is 8.50. The summed E-state index contributed by atoms with van der Waals surface area (Å²) in [5.41, 5.74) is 1.93. The van der Waals surface area contributed by atoms with Crippen molar-refractivity contribution in [3.8, 4) is 0 Å². The Morgan fingerprint density at radius 1 is 1.15 bits per heavy atom. The minimum atomic E-state index is -0.431. The fourth-order valence-corrected chi connectivity index (χ4v) is 1.05. The molecule has 1 rings (SSSR count). The molecule has 106 valence electrons. The Balaban J connectivity index is 0.000000396. The molecule has 0 aliphatic carbocycles. The van der Waals surface area contributed by atoms with Crippen LogP contribution in [0.1, 0.15) is 22.8 Å². The van der Waals surface area contributed by atoms with Gasteiger partial charge in [-0.25, -0.2) is 9.59 Å². The highest BCUT2D eigenvalue weighted by atomic mass is 16.5. The Labute approximate surface area is 119 Å². The summed E-state index contributed by atoms with van der Waals surface area (Å²) in [5, 5.41) is 0. The van der Waals surface area contributed by atoms with Crippen molar-refractivity contribution in [2.75, 3.05) is 7.11 Å². The van der Waals surface area contributed by atoms with Crippen molar-refractivity contribution in [2.45, 2.75) is 6.92 Å². The van der Waals surface area contributed by atoms with Crippen molar-refractivity contribution >= 4 is 18.0 Å². The third-order valence-electron chi connectivity index (χ3n) is 2.11. The van der Waals surface area contributed by atoms with E-state index >= 15 is 0 Å². The molecule has 4 heteroatoms. The van der Waals surface area contributed by atoms with Crippen LogP contribution in [0.2, 0.25) is 0 Å². The maximum Gasteiger partial charge on any atom is 0.337 e. The molecule has 0 saturated heterocycles. The average Bonchev–Trinajstić information content (AvgIpc) is 2.47. The molecule has 0 saturated carbocycles. The SMILES string of the molecule is C=COC(=O)C(=C)C.C=Cc1ccc(C(=O)OC)cc1. The molecule has 0 spiro atoms. The van der Waals surface area contributed by atoms with Gasteiger partial charge in [0.05, 0.1) is 18.9 Å². The summed E-state index contributed by atoms with van der Waals surface area (Å²) in [6.45, 7) is 11.7. The second-order valence-corrected chi connectivity index (χ2v) is 3.67. The molecule has 0 aliphatic rings. The number of ether oxygens (including phenoxy) is 2. The van der Waals surface area contributed by atoms with Gasteiger partial charge >= 0.3 is 11.9 Å². The van der Waals surface area contributed by atoms with E-state index in [2.05, 4.69) is 29.2 Å². The Hall–Kier alpha value is -2.62. The van der Waals surface area contributed by atoms with Crippen LogP contribution < -0.4 is 0 Å². The van der Waals surface area contributed by atoms with Gasteiger partial charge in [0.1, 0.15) is 0 Å². The monoisotopic (exact) mass is 274 g/mol. The van der Waals surface area contributed by atoms with Crippen molar-refractivity contribution in [1.82, 2.24) is 0 Å². The lowest BCUT2D eigenvalue weighted by Crippen LogP contribution is -2.00. The lowest BCUT2D eigenvalue weighted by Gasteiger charge is -1.98. The predicted molar refractivity (Wildman–Crippen MR) is 79.0 cm³/mol. The summed E-state index contributed by atoms with van der Waals surface area (Å²) in [7, 11) is 1.36. The third kappa shape index (κ3) is 6.35. The van der Waals surface area contributed by atoms with Gasteiger partial charge < -0.3 is 9.47 Å². The molecule has 0 N–H and O–H groups in total. The van der Waals surface area contributed by atoms with E-state index < -0.39 is 5.97 Å². The molecular weight excluding hydrogens is 256 g/mol. The van der Waals surface area contributed by atoms with Crippen LogP contribution in [-0.2, 0) is 14.3 Å². The van der Waals surface area contributed by atoms with Crippen molar-refractivity contribution in [1.29, 1.82) is 0 Å². The summed E-state index contributed by atoms with van der Waals surface area (Å²) < 4.78 is 8.87. The minimum Gasteiger partial charge on any atom is -0.465 e. The summed E-state index contributed by atoms with van der Waals surface area (Å²) >= 11 is 0. The first-order chi connectivity index (χ1) is 9.46. The zero-order valence-electron chi connectivity index (χ0n) is 11.7. The van der Waals surface area contributed by atoms with E-state index in [1.807, 2.05) is 12.1 Å². The largest absolute Gasteiger partial charge is 0.465 e. The third-order valence-corrected chi connectivity index (χ3v) is 2.11. The maximum atomic E-state index is 11.0.